The number of carbonyl (C=O) groups is 2. The van der Waals surface area contributed by atoms with E-state index < -0.39 is 11.9 Å². The molecular formula is C12H14O4. The van der Waals surface area contributed by atoms with E-state index in [4.69, 9.17) is 10.2 Å². The molecule has 4 heteroatoms. The first-order valence-electron chi connectivity index (χ1n) is 5.75. The average Bonchev–Trinajstić information content (AvgIpc) is 2.87. The van der Waals surface area contributed by atoms with Crippen LogP contribution in [0.1, 0.15) is 19.3 Å². The van der Waals surface area contributed by atoms with Gasteiger partial charge in [-0.1, -0.05) is 6.08 Å². The SMILES string of the molecule is O=C(O)C1=C[C@H]2C[C@H]1[C@@H]1C[C@@H](C(=O)O)C[C@H]12. The molecule has 3 aliphatic rings. The minimum Gasteiger partial charge on any atom is -0.481 e. The molecule has 0 spiro atoms. The van der Waals surface area contributed by atoms with E-state index >= 15 is 0 Å². The van der Waals surface area contributed by atoms with E-state index in [0.717, 1.165) is 12.8 Å². The van der Waals surface area contributed by atoms with E-state index in [-0.39, 0.29) is 11.8 Å². The summed E-state index contributed by atoms with van der Waals surface area (Å²) in [7, 11) is 0. The summed E-state index contributed by atoms with van der Waals surface area (Å²) in [5.41, 5.74) is 0.539. The highest BCUT2D eigenvalue weighted by Gasteiger charge is 2.54. The van der Waals surface area contributed by atoms with Gasteiger partial charge in [-0.15, -0.1) is 0 Å². The smallest absolute Gasteiger partial charge is 0.331 e. The fourth-order valence-electron chi connectivity index (χ4n) is 4.04. The number of hydrogen-bond donors (Lipinski definition) is 2. The van der Waals surface area contributed by atoms with Crippen molar-refractivity contribution in [2.45, 2.75) is 19.3 Å². The maximum atomic E-state index is 11.0. The van der Waals surface area contributed by atoms with E-state index in [1.165, 1.54) is 0 Å². The third-order valence-electron chi connectivity index (χ3n) is 4.65. The van der Waals surface area contributed by atoms with Gasteiger partial charge >= 0.3 is 11.9 Å². The van der Waals surface area contributed by atoms with Gasteiger partial charge < -0.3 is 10.2 Å². The molecule has 5 atom stereocenters. The summed E-state index contributed by atoms with van der Waals surface area (Å²) in [6.07, 6.45) is 4.22. The Balaban J connectivity index is 1.84. The second-order valence-electron chi connectivity index (χ2n) is 5.27. The molecule has 0 radical (unpaired) electrons. The lowest BCUT2D eigenvalue weighted by Crippen LogP contribution is -2.20. The number of aliphatic carboxylic acids is 2. The quantitative estimate of drug-likeness (QED) is 0.740. The third-order valence-corrected chi connectivity index (χ3v) is 4.65. The number of carboxylic acid groups (broad SMARTS) is 2. The maximum Gasteiger partial charge on any atom is 0.331 e. The van der Waals surface area contributed by atoms with Crippen LogP contribution in [-0.4, -0.2) is 22.2 Å². The zero-order chi connectivity index (χ0) is 11.4. The van der Waals surface area contributed by atoms with Crippen LogP contribution in [0.5, 0.6) is 0 Å². The van der Waals surface area contributed by atoms with Crippen LogP contribution < -0.4 is 0 Å². The van der Waals surface area contributed by atoms with E-state index in [1.54, 1.807) is 0 Å². The molecule has 3 rings (SSSR count). The lowest BCUT2D eigenvalue weighted by molar-refractivity contribution is -0.141. The zero-order valence-electron chi connectivity index (χ0n) is 8.80. The molecule has 0 saturated heterocycles. The standard InChI is InChI=1S/C12H14O4/c13-11(14)6-3-7-5-1-9(8(7)4-6)10(2-5)12(15)16/h2,5-9H,1,3-4H2,(H,13,14)(H,15,16)/t5-,6+,7+,8-,9+/m1/s1. The first-order valence-corrected chi connectivity index (χ1v) is 5.75. The van der Waals surface area contributed by atoms with Gasteiger partial charge in [0.2, 0.25) is 0 Å². The average molecular weight is 222 g/mol. The molecule has 3 aliphatic carbocycles. The van der Waals surface area contributed by atoms with Crippen molar-refractivity contribution in [2.24, 2.45) is 29.6 Å². The Hall–Kier alpha value is -1.32. The van der Waals surface area contributed by atoms with Crippen LogP contribution >= 0.6 is 0 Å². The third kappa shape index (κ3) is 1.16. The predicted molar refractivity (Wildman–Crippen MR) is 54.7 cm³/mol. The number of carboxylic acids is 2. The van der Waals surface area contributed by atoms with Crippen LogP contribution in [0.3, 0.4) is 0 Å². The molecule has 16 heavy (non-hydrogen) atoms. The molecule has 0 unspecified atom stereocenters. The topological polar surface area (TPSA) is 74.6 Å². The van der Waals surface area contributed by atoms with Gasteiger partial charge in [0.05, 0.1) is 5.92 Å². The Labute approximate surface area is 93.0 Å². The highest BCUT2D eigenvalue weighted by molar-refractivity contribution is 5.88. The zero-order valence-corrected chi connectivity index (χ0v) is 8.80. The van der Waals surface area contributed by atoms with E-state index in [1.807, 2.05) is 6.08 Å². The Morgan fingerprint density at radius 2 is 1.81 bits per heavy atom. The largest absolute Gasteiger partial charge is 0.481 e. The molecule has 2 N–H and O–H groups in total. The summed E-state index contributed by atoms with van der Waals surface area (Å²) in [5, 5.41) is 18.0. The summed E-state index contributed by atoms with van der Waals surface area (Å²) in [5.74, 6) is -0.601. The maximum absolute atomic E-state index is 11.0. The van der Waals surface area contributed by atoms with Gasteiger partial charge in [0.15, 0.2) is 0 Å². The summed E-state index contributed by atoms with van der Waals surface area (Å²) < 4.78 is 0. The van der Waals surface area contributed by atoms with E-state index in [9.17, 15) is 9.59 Å². The molecular weight excluding hydrogens is 208 g/mol. The number of rotatable bonds is 2. The summed E-state index contributed by atoms with van der Waals surface area (Å²) >= 11 is 0. The highest BCUT2D eigenvalue weighted by atomic mass is 16.4. The van der Waals surface area contributed by atoms with Crippen molar-refractivity contribution in [3.05, 3.63) is 11.6 Å². The van der Waals surface area contributed by atoms with Gasteiger partial charge in [-0.05, 0) is 42.9 Å². The van der Waals surface area contributed by atoms with Crippen molar-refractivity contribution in [3.8, 4) is 0 Å². The van der Waals surface area contributed by atoms with Crippen LogP contribution in [-0.2, 0) is 9.59 Å². The summed E-state index contributed by atoms with van der Waals surface area (Å²) in [6, 6.07) is 0. The molecule has 0 heterocycles. The normalized spacial score (nSPS) is 44.2. The second kappa shape index (κ2) is 3.09. The molecule has 0 aromatic rings. The minimum absolute atomic E-state index is 0.122. The van der Waals surface area contributed by atoms with Crippen LogP contribution in [0.2, 0.25) is 0 Å². The van der Waals surface area contributed by atoms with Crippen LogP contribution in [0.4, 0.5) is 0 Å². The van der Waals surface area contributed by atoms with Gasteiger partial charge in [0, 0.05) is 5.57 Å². The highest BCUT2D eigenvalue weighted by Crippen LogP contribution is 2.59. The number of fused-ring (bicyclic) bond motifs is 5. The van der Waals surface area contributed by atoms with Crippen molar-refractivity contribution in [1.82, 2.24) is 0 Å². The van der Waals surface area contributed by atoms with Crippen LogP contribution in [0.25, 0.3) is 0 Å². The fraction of sp³-hybridized carbons (Fsp3) is 0.667. The molecule has 2 saturated carbocycles. The Morgan fingerprint density at radius 3 is 2.44 bits per heavy atom. The van der Waals surface area contributed by atoms with Gasteiger partial charge in [-0.3, -0.25) is 4.79 Å². The summed E-state index contributed by atoms with van der Waals surface area (Å²) in [4.78, 5) is 22.0. The van der Waals surface area contributed by atoms with Crippen molar-refractivity contribution in [2.75, 3.05) is 0 Å². The minimum atomic E-state index is -0.815. The van der Waals surface area contributed by atoms with E-state index in [0.29, 0.717) is 29.7 Å². The monoisotopic (exact) mass is 222 g/mol. The lowest BCUT2D eigenvalue weighted by Gasteiger charge is -2.22. The Bertz CT molecular complexity index is 398. The number of hydrogen-bond acceptors (Lipinski definition) is 2. The van der Waals surface area contributed by atoms with Crippen molar-refractivity contribution < 1.29 is 19.8 Å². The van der Waals surface area contributed by atoms with Gasteiger partial charge in [-0.2, -0.15) is 0 Å². The van der Waals surface area contributed by atoms with Gasteiger partial charge in [0.1, 0.15) is 0 Å². The van der Waals surface area contributed by atoms with Crippen molar-refractivity contribution in [3.63, 3.8) is 0 Å². The molecule has 0 aromatic heterocycles. The number of allylic oxidation sites excluding steroid dienone is 1. The fourth-order valence-corrected chi connectivity index (χ4v) is 4.04. The molecule has 0 aliphatic heterocycles. The first kappa shape index (κ1) is 9.87. The van der Waals surface area contributed by atoms with Crippen molar-refractivity contribution in [1.29, 1.82) is 0 Å². The first-order chi connectivity index (χ1) is 7.58. The van der Waals surface area contributed by atoms with Gasteiger partial charge in [-0.25, -0.2) is 4.79 Å². The van der Waals surface area contributed by atoms with Gasteiger partial charge in [0.25, 0.3) is 0 Å². The van der Waals surface area contributed by atoms with Crippen LogP contribution in [0, 0.1) is 29.6 Å². The lowest BCUT2D eigenvalue weighted by atomic mass is 9.82. The molecule has 0 amide bonds. The molecule has 4 nitrogen and oxygen atoms in total. The molecule has 2 fully saturated rings. The second-order valence-corrected chi connectivity index (χ2v) is 5.27. The van der Waals surface area contributed by atoms with Crippen molar-refractivity contribution >= 4 is 11.9 Å². The molecule has 2 bridgehead atoms. The summed E-state index contributed by atoms with van der Waals surface area (Å²) in [6.45, 7) is 0. The molecule has 86 valence electrons. The Kier molecular flexibility index (Phi) is 1.91. The van der Waals surface area contributed by atoms with E-state index in [2.05, 4.69) is 0 Å². The molecule has 0 aromatic carbocycles. The van der Waals surface area contributed by atoms with Crippen LogP contribution in [0.15, 0.2) is 11.6 Å². The Morgan fingerprint density at radius 1 is 1.12 bits per heavy atom. The predicted octanol–water partition coefficient (Wildman–Crippen LogP) is 1.37.